The minimum Gasteiger partial charge on any atom is -0.515 e. The summed E-state index contributed by atoms with van der Waals surface area (Å²) in [4.78, 5) is 23.2. The highest BCUT2D eigenvalue weighted by Crippen LogP contribution is 2.56. The third-order valence-electron chi connectivity index (χ3n) is 8.46. The number of benzene rings is 3. The van der Waals surface area contributed by atoms with Crippen LogP contribution in [0.25, 0.3) is 22.4 Å². The van der Waals surface area contributed by atoms with E-state index in [1.807, 2.05) is 50.2 Å². The number of ketones is 1. The Kier molecular flexibility index (Phi) is 5.87. The quantitative estimate of drug-likeness (QED) is 0.240. The first kappa shape index (κ1) is 24.1. The van der Waals surface area contributed by atoms with Gasteiger partial charge in [-0.1, -0.05) is 67.6 Å². The second-order valence-electron chi connectivity index (χ2n) is 10.5. The first-order chi connectivity index (χ1) is 18.4. The summed E-state index contributed by atoms with van der Waals surface area (Å²) in [5.74, 6) is 0.790. The number of aliphatic hydroxyl groups is 1. The van der Waals surface area contributed by atoms with E-state index in [1.54, 1.807) is 12.1 Å². The lowest BCUT2D eigenvalue weighted by Gasteiger charge is -2.51. The molecule has 5 nitrogen and oxygen atoms in total. The van der Waals surface area contributed by atoms with Crippen LogP contribution < -0.4 is 0 Å². The van der Waals surface area contributed by atoms with E-state index in [0.29, 0.717) is 17.8 Å². The van der Waals surface area contributed by atoms with Gasteiger partial charge in [-0.15, -0.1) is 0 Å². The minimum atomic E-state index is -0.534. The highest BCUT2D eigenvalue weighted by molar-refractivity contribution is 5.98. The van der Waals surface area contributed by atoms with E-state index in [0.717, 1.165) is 58.3 Å². The standard InChI is InChI=1S/C33H30N2O3/c1-20-29-16-15-28-30(24-8-6-7-23(17-24)22-11-13-27(37)14-12-22)34-21(2)35-32(28)33(29,18-25(19-36)31(20)38)26-9-4-3-5-10-26/h3-14,17,19-20,29,36-37H,15-16,18H2,1-2H3/t20-,29-,33+/m0/s1. The molecular weight excluding hydrogens is 472 g/mol. The van der Waals surface area contributed by atoms with Gasteiger partial charge in [0, 0.05) is 28.0 Å². The number of aromatic hydroxyl groups is 1. The molecule has 0 radical (unpaired) electrons. The number of carbonyl (C=O) groups excluding carboxylic acids is 1. The first-order valence-corrected chi connectivity index (χ1v) is 13.1. The van der Waals surface area contributed by atoms with E-state index in [2.05, 4.69) is 30.3 Å². The van der Waals surface area contributed by atoms with Crippen LogP contribution in [0.4, 0.5) is 0 Å². The molecule has 1 fully saturated rings. The fraction of sp³-hybridized carbons (Fsp3) is 0.242. The molecule has 3 atom stereocenters. The Balaban J connectivity index is 1.58. The number of allylic oxidation sites excluding steroid dienone is 1. The number of fused-ring (bicyclic) bond motifs is 3. The van der Waals surface area contributed by atoms with E-state index in [4.69, 9.17) is 9.97 Å². The molecule has 2 aliphatic carbocycles. The van der Waals surface area contributed by atoms with Crippen molar-refractivity contribution in [2.75, 3.05) is 0 Å². The molecule has 0 amide bonds. The Bertz CT molecular complexity index is 1560. The van der Waals surface area contributed by atoms with Crippen molar-refractivity contribution < 1.29 is 15.0 Å². The number of hydrogen-bond donors (Lipinski definition) is 2. The smallest absolute Gasteiger partial charge is 0.165 e. The Morgan fingerprint density at radius 2 is 1.66 bits per heavy atom. The van der Waals surface area contributed by atoms with E-state index < -0.39 is 5.41 Å². The van der Waals surface area contributed by atoms with Gasteiger partial charge in [0.15, 0.2) is 5.78 Å². The van der Waals surface area contributed by atoms with Crippen LogP contribution in [0.3, 0.4) is 0 Å². The van der Waals surface area contributed by atoms with Gasteiger partial charge in [0.1, 0.15) is 11.6 Å². The Labute approximate surface area is 222 Å². The van der Waals surface area contributed by atoms with Gasteiger partial charge >= 0.3 is 0 Å². The molecule has 190 valence electrons. The maximum Gasteiger partial charge on any atom is 0.165 e. The number of rotatable bonds is 3. The highest BCUT2D eigenvalue weighted by atomic mass is 16.3. The Morgan fingerprint density at radius 3 is 2.39 bits per heavy atom. The maximum absolute atomic E-state index is 13.2. The van der Waals surface area contributed by atoms with Crippen molar-refractivity contribution >= 4 is 5.78 Å². The van der Waals surface area contributed by atoms with Crippen molar-refractivity contribution in [2.24, 2.45) is 11.8 Å². The topological polar surface area (TPSA) is 83.3 Å². The van der Waals surface area contributed by atoms with E-state index >= 15 is 0 Å². The largest absolute Gasteiger partial charge is 0.515 e. The molecule has 2 aliphatic rings. The second kappa shape index (κ2) is 9.25. The molecule has 1 aromatic heterocycles. The number of phenols is 1. The molecule has 0 aliphatic heterocycles. The molecule has 0 unspecified atom stereocenters. The molecule has 5 heteroatoms. The summed E-state index contributed by atoms with van der Waals surface area (Å²) in [6.45, 7) is 3.92. The van der Waals surface area contributed by atoms with Gasteiger partial charge in [0.25, 0.3) is 0 Å². The van der Waals surface area contributed by atoms with Gasteiger partial charge in [-0.25, -0.2) is 9.97 Å². The van der Waals surface area contributed by atoms with Crippen LogP contribution in [0.5, 0.6) is 5.75 Å². The SMILES string of the molecule is Cc1nc(-c2cccc(-c3ccc(O)cc3)c2)c2c(n1)[C@@]1(c3ccccc3)CC(=CO)C(=O)[C@@H](C)[C@@H]1CC2. The van der Waals surface area contributed by atoms with E-state index in [9.17, 15) is 15.0 Å². The zero-order valence-electron chi connectivity index (χ0n) is 21.6. The van der Waals surface area contributed by atoms with Crippen LogP contribution in [-0.4, -0.2) is 26.0 Å². The summed E-state index contributed by atoms with van der Waals surface area (Å²) in [5.41, 5.74) is 7.10. The van der Waals surface area contributed by atoms with Gasteiger partial charge in [-0.05, 0) is 67.0 Å². The van der Waals surface area contributed by atoms with Crippen LogP contribution in [0.2, 0.25) is 0 Å². The lowest BCUT2D eigenvalue weighted by molar-refractivity contribution is -0.123. The van der Waals surface area contributed by atoms with Crippen molar-refractivity contribution in [3.8, 4) is 28.1 Å². The first-order valence-electron chi connectivity index (χ1n) is 13.1. The molecule has 6 rings (SSSR count). The number of phenolic OH excluding ortho intramolecular Hbond substituents is 1. The Morgan fingerprint density at radius 1 is 0.921 bits per heavy atom. The van der Waals surface area contributed by atoms with Crippen LogP contribution in [0.15, 0.2) is 90.7 Å². The summed E-state index contributed by atoms with van der Waals surface area (Å²) in [6.07, 6.45) is 3.04. The lowest BCUT2D eigenvalue weighted by Crippen LogP contribution is -2.51. The molecular formula is C33H30N2O3. The van der Waals surface area contributed by atoms with E-state index in [1.165, 1.54) is 0 Å². The lowest BCUT2D eigenvalue weighted by atomic mass is 9.52. The van der Waals surface area contributed by atoms with Crippen LogP contribution >= 0.6 is 0 Å². The molecule has 4 aromatic rings. The van der Waals surface area contributed by atoms with Gasteiger partial charge < -0.3 is 10.2 Å². The molecule has 0 bridgehead atoms. The summed E-state index contributed by atoms with van der Waals surface area (Å²) < 4.78 is 0. The molecule has 0 saturated heterocycles. The number of aliphatic hydroxyl groups excluding tert-OH is 1. The third kappa shape index (κ3) is 3.73. The summed E-state index contributed by atoms with van der Waals surface area (Å²) in [5, 5.41) is 19.8. The van der Waals surface area contributed by atoms with Gasteiger partial charge in [-0.3, -0.25) is 4.79 Å². The van der Waals surface area contributed by atoms with Gasteiger partial charge in [-0.2, -0.15) is 0 Å². The number of aryl methyl sites for hydroxylation is 1. The van der Waals surface area contributed by atoms with Crippen LogP contribution in [0.1, 0.15) is 42.4 Å². The fourth-order valence-electron chi connectivity index (χ4n) is 6.71. The normalized spacial score (nSPS) is 23.6. The van der Waals surface area contributed by atoms with Crippen molar-refractivity contribution in [1.29, 1.82) is 0 Å². The molecule has 1 heterocycles. The molecule has 1 saturated carbocycles. The summed E-state index contributed by atoms with van der Waals surface area (Å²) in [7, 11) is 0. The van der Waals surface area contributed by atoms with Gasteiger partial charge in [0.05, 0.1) is 17.6 Å². The van der Waals surface area contributed by atoms with Crippen LogP contribution in [0, 0.1) is 18.8 Å². The molecule has 3 aromatic carbocycles. The average Bonchev–Trinajstić information content (AvgIpc) is 2.95. The molecule has 0 spiro atoms. The van der Waals surface area contributed by atoms with Crippen LogP contribution in [-0.2, 0) is 16.6 Å². The van der Waals surface area contributed by atoms with Crippen molar-refractivity contribution in [3.05, 3.63) is 113 Å². The number of carbonyl (C=O) groups is 1. The maximum atomic E-state index is 13.2. The average molecular weight is 503 g/mol. The fourth-order valence-corrected chi connectivity index (χ4v) is 6.71. The number of hydrogen-bond acceptors (Lipinski definition) is 5. The Hall–Kier alpha value is -4.25. The zero-order chi connectivity index (χ0) is 26.4. The number of nitrogens with zero attached hydrogens (tertiary/aromatic N) is 2. The predicted molar refractivity (Wildman–Crippen MR) is 148 cm³/mol. The van der Waals surface area contributed by atoms with Crippen molar-refractivity contribution in [2.45, 2.75) is 38.5 Å². The monoisotopic (exact) mass is 502 g/mol. The minimum absolute atomic E-state index is 0.0279. The number of Topliss-reactive ketones (excluding diaryl/α,β-unsaturated/α-hetero) is 1. The molecule has 2 N–H and O–H groups in total. The van der Waals surface area contributed by atoms with Gasteiger partial charge in [0.2, 0.25) is 0 Å². The third-order valence-corrected chi connectivity index (χ3v) is 8.46. The summed E-state index contributed by atoms with van der Waals surface area (Å²) in [6, 6.07) is 25.9. The highest BCUT2D eigenvalue weighted by Gasteiger charge is 2.55. The van der Waals surface area contributed by atoms with Crippen molar-refractivity contribution in [1.82, 2.24) is 9.97 Å². The summed E-state index contributed by atoms with van der Waals surface area (Å²) >= 11 is 0. The predicted octanol–water partition coefficient (Wildman–Crippen LogP) is 6.72. The second-order valence-corrected chi connectivity index (χ2v) is 10.5. The zero-order valence-corrected chi connectivity index (χ0v) is 21.6. The number of aromatic nitrogens is 2. The van der Waals surface area contributed by atoms with E-state index in [-0.39, 0.29) is 23.4 Å². The van der Waals surface area contributed by atoms with Crippen molar-refractivity contribution in [3.63, 3.8) is 0 Å². The molecule has 38 heavy (non-hydrogen) atoms.